The number of nitrogens with one attached hydrogen (secondary N) is 1. The van der Waals surface area contributed by atoms with Crippen molar-refractivity contribution in [3.8, 4) is 0 Å². The summed E-state index contributed by atoms with van der Waals surface area (Å²) in [6.07, 6.45) is 11.4. The summed E-state index contributed by atoms with van der Waals surface area (Å²) in [5, 5.41) is 3.63. The summed E-state index contributed by atoms with van der Waals surface area (Å²) in [5.41, 5.74) is 3.21. The average Bonchev–Trinajstić information content (AvgIpc) is 2.69. The molecule has 19 heavy (non-hydrogen) atoms. The first kappa shape index (κ1) is 13.2. The molecular formula is C18H27N. The summed E-state index contributed by atoms with van der Waals surface area (Å²) < 4.78 is 0. The molecule has 2 atom stereocenters. The predicted molar refractivity (Wildman–Crippen MR) is 81.5 cm³/mol. The molecule has 0 saturated heterocycles. The summed E-state index contributed by atoms with van der Waals surface area (Å²) >= 11 is 0. The van der Waals surface area contributed by atoms with Gasteiger partial charge in [-0.05, 0) is 55.7 Å². The lowest BCUT2D eigenvalue weighted by Crippen LogP contribution is -2.37. The molecule has 1 fully saturated rings. The van der Waals surface area contributed by atoms with Crippen LogP contribution in [0.3, 0.4) is 0 Å². The van der Waals surface area contributed by atoms with Crippen LogP contribution in [-0.2, 0) is 6.42 Å². The minimum atomic E-state index is 0.733. The fourth-order valence-corrected chi connectivity index (χ4v) is 4.14. The fraction of sp³-hybridized carbons (Fsp3) is 0.667. The highest BCUT2D eigenvalue weighted by atomic mass is 14.9. The second-order valence-corrected chi connectivity index (χ2v) is 6.48. The van der Waals surface area contributed by atoms with E-state index in [1.165, 1.54) is 51.4 Å². The predicted octanol–water partition coefficient (Wildman–Crippen LogP) is 4.27. The van der Waals surface area contributed by atoms with Crippen LogP contribution in [-0.4, -0.2) is 13.1 Å². The van der Waals surface area contributed by atoms with Gasteiger partial charge in [-0.15, -0.1) is 0 Å². The molecular weight excluding hydrogens is 230 g/mol. The van der Waals surface area contributed by atoms with E-state index in [1.807, 2.05) is 0 Å². The molecule has 0 amide bonds. The van der Waals surface area contributed by atoms with Crippen LogP contribution in [0.25, 0.3) is 0 Å². The number of rotatable bonds is 4. The van der Waals surface area contributed by atoms with Crippen molar-refractivity contribution < 1.29 is 0 Å². The third-order valence-electron chi connectivity index (χ3n) is 5.34. The molecule has 2 aliphatic carbocycles. The first-order chi connectivity index (χ1) is 9.38. The lowest BCUT2D eigenvalue weighted by molar-refractivity contribution is 0.295. The number of hydrogen-bond acceptors (Lipinski definition) is 1. The largest absolute Gasteiger partial charge is 0.317 e. The summed E-state index contributed by atoms with van der Waals surface area (Å²) in [7, 11) is 2.17. The Morgan fingerprint density at radius 3 is 2.53 bits per heavy atom. The van der Waals surface area contributed by atoms with Crippen molar-refractivity contribution in [2.24, 2.45) is 5.92 Å². The smallest absolute Gasteiger partial charge is 0.00982 e. The van der Waals surface area contributed by atoms with Crippen molar-refractivity contribution in [2.45, 2.75) is 63.3 Å². The van der Waals surface area contributed by atoms with Crippen molar-refractivity contribution in [3.05, 3.63) is 35.4 Å². The van der Waals surface area contributed by atoms with Crippen LogP contribution < -0.4 is 5.32 Å². The topological polar surface area (TPSA) is 12.0 Å². The Kier molecular flexibility index (Phi) is 4.22. The van der Waals surface area contributed by atoms with E-state index < -0.39 is 0 Å². The monoisotopic (exact) mass is 257 g/mol. The highest BCUT2D eigenvalue weighted by molar-refractivity contribution is 5.39. The SMILES string of the molecule is CNC(CC1Cc2ccccc21)C1CCCCCC1. The summed E-state index contributed by atoms with van der Waals surface area (Å²) in [4.78, 5) is 0. The zero-order valence-corrected chi connectivity index (χ0v) is 12.2. The van der Waals surface area contributed by atoms with Crippen LogP contribution in [0.5, 0.6) is 0 Å². The Balaban J connectivity index is 1.61. The highest BCUT2D eigenvalue weighted by Gasteiger charge is 2.30. The standard InChI is InChI=1S/C18H27N/c1-19-18(14-8-4-2-3-5-9-14)13-16-12-15-10-6-7-11-17(15)16/h6-7,10-11,14,16,18-19H,2-5,8-9,12-13H2,1H3. The molecule has 1 nitrogen and oxygen atoms in total. The average molecular weight is 257 g/mol. The molecule has 0 heterocycles. The van der Waals surface area contributed by atoms with E-state index in [9.17, 15) is 0 Å². The van der Waals surface area contributed by atoms with E-state index in [2.05, 4.69) is 36.6 Å². The first-order valence-electron chi connectivity index (χ1n) is 8.13. The lowest BCUT2D eigenvalue weighted by Gasteiger charge is -2.35. The van der Waals surface area contributed by atoms with Gasteiger partial charge in [-0.3, -0.25) is 0 Å². The van der Waals surface area contributed by atoms with Gasteiger partial charge in [0.15, 0.2) is 0 Å². The quantitative estimate of drug-likeness (QED) is 0.794. The Bertz CT molecular complexity index is 404. The molecule has 3 rings (SSSR count). The minimum absolute atomic E-state index is 0.733. The van der Waals surface area contributed by atoms with Crippen molar-refractivity contribution in [1.29, 1.82) is 0 Å². The van der Waals surface area contributed by atoms with Gasteiger partial charge in [0, 0.05) is 6.04 Å². The molecule has 104 valence electrons. The number of benzene rings is 1. The molecule has 1 saturated carbocycles. The van der Waals surface area contributed by atoms with E-state index in [0.717, 1.165) is 17.9 Å². The Morgan fingerprint density at radius 1 is 1.11 bits per heavy atom. The maximum absolute atomic E-state index is 3.63. The van der Waals surface area contributed by atoms with Crippen LogP contribution in [0.4, 0.5) is 0 Å². The maximum Gasteiger partial charge on any atom is 0.00982 e. The van der Waals surface area contributed by atoms with Gasteiger partial charge < -0.3 is 5.32 Å². The highest BCUT2D eigenvalue weighted by Crippen LogP contribution is 2.40. The van der Waals surface area contributed by atoms with Gasteiger partial charge in [0.2, 0.25) is 0 Å². The molecule has 0 bridgehead atoms. The van der Waals surface area contributed by atoms with Gasteiger partial charge in [-0.2, -0.15) is 0 Å². The summed E-state index contributed by atoms with van der Waals surface area (Å²) in [6, 6.07) is 9.74. The zero-order valence-electron chi connectivity index (χ0n) is 12.2. The molecule has 2 aliphatic rings. The van der Waals surface area contributed by atoms with Crippen molar-refractivity contribution in [1.82, 2.24) is 5.32 Å². The second-order valence-electron chi connectivity index (χ2n) is 6.48. The third kappa shape index (κ3) is 2.86. The molecule has 1 N–H and O–H groups in total. The normalized spacial score (nSPS) is 25.2. The van der Waals surface area contributed by atoms with E-state index in [1.54, 1.807) is 11.1 Å². The molecule has 1 heteroatoms. The zero-order chi connectivity index (χ0) is 13.1. The van der Waals surface area contributed by atoms with Crippen molar-refractivity contribution in [2.75, 3.05) is 7.05 Å². The van der Waals surface area contributed by atoms with E-state index in [-0.39, 0.29) is 0 Å². The summed E-state index contributed by atoms with van der Waals surface area (Å²) in [6.45, 7) is 0. The van der Waals surface area contributed by atoms with Crippen LogP contribution in [0.1, 0.15) is 62.0 Å². The van der Waals surface area contributed by atoms with Crippen LogP contribution in [0, 0.1) is 5.92 Å². The molecule has 0 aliphatic heterocycles. The Labute approximate surface area is 117 Å². The first-order valence-corrected chi connectivity index (χ1v) is 8.13. The van der Waals surface area contributed by atoms with Crippen molar-refractivity contribution in [3.63, 3.8) is 0 Å². The fourth-order valence-electron chi connectivity index (χ4n) is 4.14. The van der Waals surface area contributed by atoms with Gasteiger partial charge in [0.05, 0.1) is 0 Å². The van der Waals surface area contributed by atoms with Crippen molar-refractivity contribution >= 4 is 0 Å². The van der Waals surface area contributed by atoms with Crippen LogP contribution in [0.15, 0.2) is 24.3 Å². The number of fused-ring (bicyclic) bond motifs is 1. The van der Waals surface area contributed by atoms with Gasteiger partial charge in [-0.1, -0.05) is 49.9 Å². The van der Waals surface area contributed by atoms with E-state index >= 15 is 0 Å². The number of hydrogen-bond donors (Lipinski definition) is 1. The second kappa shape index (κ2) is 6.09. The molecule has 1 aromatic rings. The molecule has 1 aromatic carbocycles. The molecule has 0 aromatic heterocycles. The molecule has 2 unspecified atom stereocenters. The minimum Gasteiger partial charge on any atom is -0.317 e. The van der Waals surface area contributed by atoms with Gasteiger partial charge >= 0.3 is 0 Å². The Hall–Kier alpha value is -0.820. The van der Waals surface area contributed by atoms with E-state index in [0.29, 0.717) is 0 Å². The van der Waals surface area contributed by atoms with E-state index in [4.69, 9.17) is 0 Å². The van der Waals surface area contributed by atoms with Gasteiger partial charge in [-0.25, -0.2) is 0 Å². The molecule has 0 spiro atoms. The maximum atomic E-state index is 3.63. The van der Waals surface area contributed by atoms with Crippen LogP contribution >= 0.6 is 0 Å². The third-order valence-corrected chi connectivity index (χ3v) is 5.34. The lowest BCUT2D eigenvalue weighted by atomic mass is 9.72. The van der Waals surface area contributed by atoms with Crippen LogP contribution in [0.2, 0.25) is 0 Å². The van der Waals surface area contributed by atoms with Gasteiger partial charge in [0.25, 0.3) is 0 Å². The van der Waals surface area contributed by atoms with Gasteiger partial charge in [0.1, 0.15) is 0 Å². The molecule has 0 radical (unpaired) electrons. The Morgan fingerprint density at radius 2 is 1.84 bits per heavy atom. The summed E-state index contributed by atoms with van der Waals surface area (Å²) in [5.74, 6) is 1.73.